The predicted molar refractivity (Wildman–Crippen MR) is 99.1 cm³/mol. The summed E-state index contributed by atoms with van der Waals surface area (Å²) in [4.78, 5) is 12.6. The zero-order chi connectivity index (χ0) is 17.7. The highest BCUT2D eigenvalue weighted by Gasteiger charge is 2.32. The Balaban J connectivity index is 1.99. The van der Waals surface area contributed by atoms with Gasteiger partial charge < -0.3 is 5.32 Å². The number of nitrogens with one attached hydrogen (secondary N) is 1. The average Bonchev–Trinajstić information content (AvgIpc) is 2.55. The number of carbonyl (C=O) groups is 1. The molecule has 7 heteroatoms. The van der Waals surface area contributed by atoms with E-state index in [1.807, 2.05) is 38.1 Å². The van der Waals surface area contributed by atoms with Gasteiger partial charge in [-0.2, -0.15) is 0 Å². The van der Waals surface area contributed by atoms with Gasteiger partial charge in [0.25, 0.3) is 0 Å². The minimum atomic E-state index is -3.24. The SMILES string of the molecule is CCCS(=O)(=O)N1CCC[C@@H](C(=O)N[C@H](C)c2cccc(Br)c2)C1. The van der Waals surface area contributed by atoms with Crippen molar-refractivity contribution in [3.8, 4) is 0 Å². The summed E-state index contributed by atoms with van der Waals surface area (Å²) in [6.07, 6.45) is 2.05. The third-order valence-electron chi connectivity index (χ3n) is 4.32. The Labute approximate surface area is 153 Å². The summed E-state index contributed by atoms with van der Waals surface area (Å²) >= 11 is 3.43. The highest BCUT2D eigenvalue weighted by atomic mass is 79.9. The first kappa shape index (κ1) is 19.4. The first-order valence-electron chi connectivity index (χ1n) is 8.37. The quantitative estimate of drug-likeness (QED) is 0.774. The van der Waals surface area contributed by atoms with Gasteiger partial charge in [0.15, 0.2) is 0 Å². The molecule has 1 aromatic carbocycles. The zero-order valence-corrected chi connectivity index (χ0v) is 16.6. The van der Waals surface area contributed by atoms with E-state index < -0.39 is 10.0 Å². The molecule has 1 aliphatic heterocycles. The third-order valence-corrected chi connectivity index (χ3v) is 6.85. The highest BCUT2D eigenvalue weighted by molar-refractivity contribution is 9.10. The van der Waals surface area contributed by atoms with Gasteiger partial charge in [-0.3, -0.25) is 4.79 Å². The summed E-state index contributed by atoms with van der Waals surface area (Å²) in [6.45, 7) is 4.60. The summed E-state index contributed by atoms with van der Waals surface area (Å²) in [5, 5.41) is 3.02. The van der Waals surface area contributed by atoms with Crippen molar-refractivity contribution in [2.75, 3.05) is 18.8 Å². The lowest BCUT2D eigenvalue weighted by molar-refractivity contribution is -0.126. The molecule has 0 aromatic heterocycles. The van der Waals surface area contributed by atoms with Crippen molar-refractivity contribution in [2.45, 2.75) is 39.2 Å². The maximum Gasteiger partial charge on any atom is 0.224 e. The third kappa shape index (κ3) is 5.04. The number of nitrogens with zero attached hydrogens (tertiary/aromatic N) is 1. The second-order valence-corrected chi connectivity index (χ2v) is 9.30. The largest absolute Gasteiger partial charge is 0.349 e. The molecule has 0 bridgehead atoms. The van der Waals surface area contributed by atoms with E-state index in [4.69, 9.17) is 0 Å². The molecular formula is C17H25BrN2O3S. The Morgan fingerprint density at radius 3 is 2.88 bits per heavy atom. The number of carbonyl (C=O) groups excluding carboxylic acids is 1. The molecule has 2 rings (SSSR count). The lowest BCUT2D eigenvalue weighted by Gasteiger charge is -2.31. The van der Waals surface area contributed by atoms with Crippen LogP contribution in [-0.4, -0.2) is 37.5 Å². The Bertz CT molecular complexity index is 678. The van der Waals surface area contributed by atoms with Gasteiger partial charge in [-0.15, -0.1) is 0 Å². The number of halogens is 1. The molecule has 0 spiro atoms. The summed E-state index contributed by atoms with van der Waals surface area (Å²) in [5.41, 5.74) is 1.02. The van der Waals surface area contributed by atoms with E-state index >= 15 is 0 Å². The molecule has 0 unspecified atom stereocenters. The summed E-state index contributed by atoms with van der Waals surface area (Å²) in [5.74, 6) is -0.200. The molecule has 24 heavy (non-hydrogen) atoms. The number of hydrogen-bond donors (Lipinski definition) is 1. The van der Waals surface area contributed by atoms with E-state index in [-0.39, 0.29) is 23.6 Å². The molecule has 0 aliphatic carbocycles. The monoisotopic (exact) mass is 416 g/mol. The normalized spacial score (nSPS) is 20.5. The van der Waals surface area contributed by atoms with Crippen LogP contribution in [0.4, 0.5) is 0 Å². The number of piperidine rings is 1. The lowest BCUT2D eigenvalue weighted by Crippen LogP contribution is -2.46. The smallest absolute Gasteiger partial charge is 0.224 e. The minimum absolute atomic E-state index is 0.0705. The van der Waals surface area contributed by atoms with E-state index in [1.165, 1.54) is 4.31 Å². The second-order valence-electron chi connectivity index (χ2n) is 6.30. The molecule has 1 fully saturated rings. The molecule has 134 valence electrons. The molecule has 0 radical (unpaired) electrons. The van der Waals surface area contributed by atoms with E-state index in [9.17, 15) is 13.2 Å². The van der Waals surface area contributed by atoms with Crippen molar-refractivity contribution in [1.29, 1.82) is 0 Å². The van der Waals surface area contributed by atoms with Gasteiger partial charge in [0.05, 0.1) is 17.7 Å². The van der Waals surface area contributed by atoms with Crippen molar-refractivity contribution in [3.05, 3.63) is 34.3 Å². The first-order valence-corrected chi connectivity index (χ1v) is 10.8. The van der Waals surface area contributed by atoms with Crippen LogP contribution in [0, 0.1) is 5.92 Å². The maximum atomic E-state index is 12.6. The molecule has 1 N–H and O–H groups in total. The summed E-state index contributed by atoms with van der Waals surface area (Å²) < 4.78 is 26.9. The van der Waals surface area contributed by atoms with E-state index in [1.54, 1.807) is 0 Å². The summed E-state index contributed by atoms with van der Waals surface area (Å²) in [7, 11) is -3.24. The van der Waals surface area contributed by atoms with Crippen LogP contribution in [0.15, 0.2) is 28.7 Å². The van der Waals surface area contributed by atoms with Crippen LogP contribution in [0.2, 0.25) is 0 Å². The molecule has 2 atom stereocenters. The number of amides is 1. The van der Waals surface area contributed by atoms with Crippen LogP contribution in [0.3, 0.4) is 0 Å². The molecule has 1 saturated heterocycles. The van der Waals surface area contributed by atoms with Crippen LogP contribution < -0.4 is 5.32 Å². The van der Waals surface area contributed by atoms with Crippen molar-refractivity contribution in [1.82, 2.24) is 9.62 Å². The molecule has 1 heterocycles. The van der Waals surface area contributed by atoms with E-state index in [0.29, 0.717) is 19.5 Å². The minimum Gasteiger partial charge on any atom is -0.349 e. The van der Waals surface area contributed by atoms with Gasteiger partial charge >= 0.3 is 0 Å². The van der Waals surface area contributed by atoms with Crippen molar-refractivity contribution >= 4 is 31.9 Å². The fourth-order valence-corrected chi connectivity index (χ4v) is 4.99. The van der Waals surface area contributed by atoms with Crippen LogP contribution in [-0.2, 0) is 14.8 Å². The van der Waals surface area contributed by atoms with E-state index in [2.05, 4.69) is 21.2 Å². The van der Waals surface area contributed by atoms with Gasteiger partial charge in [-0.1, -0.05) is 35.0 Å². The fraction of sp³-hybridized carbons (Fsp3) is 0.588. The Kier molecular flexibility index (Phi) is 6.83. The van der Waals surface area contributed by atoms with Gasteiger partial charge in [0.1, 0.15) is 0 Å². The molecule has 0 saturated carbocycles. The maximum absolute atomic E-state index is 12.6. The van der Waals surface area contributed by atoms with Gasteiger partial charge in [-0.05, 0) is 43.9 Å². The van der Waals surface area contributed by atoms with E-state index in [0.717, 1.165) is 22.9 Å². The molecule has 1 aliphatic rings. The first-order chi connectivity index (χ1) is 11.3. The van der Waals surface area contributed by atoms with Crippen LogP contribution in [0.1, 0.15) is 44.7 Å². The number of sulfonamides is 1. The van der Waals surface area contributed by atoms with Gasteiger partial charge in [0, 0.05) is 17.6 Å². The zero-order valence-electron chi connectivity index (χ0n) is 14.2. The number of benzene rings is 1. The number of rotatable bonds is 6. The second kappa shape index (κ2) is 8.45. The van der Waals surface area contributed by atoms with Crippen molar-refractivity contribution in [3.63, 3.8) is 0 Å². The van der Waals surface area contributed by atoms with Crippen molar-refractivity contribution in [2.24, 2.45) is 5.92 Å². The Hall–Kier alpha value is -0.920. The lowest BCUT2D eigenvalue weighted by atomic mass is 9.98. The van der Waals surface area contributed by atoms with Crippen molar-refractivity contribution < 1.29 is 13.2 Å². The van der Waals surface area contributed by atoms with Gasteiger partial charge in [-0.25, -0.2) is 12.7 Å². The fourth-order valence-electron chi connectivity index (χ4n) is 2.99. The highest BCUT2D eigenvalue weighted by Crippen LogP contribution is 2.22. The standard InChI is InChI=1S/C17H25BrN2O3S/c1-3-10-24(22,23)20-9-5-7-15(12-20)17(21)19-13(2)14-6-4-8-16(18)11-14/h4,6,8,11,13,15H,3,5,7,9-10,12H2,1-2H3,(H,19,21)/t13-,15-/m1/s1. The molecular weight excluding hydrogens is 392 g/mol. The number of hydrogen-bond acceptors (Lipinski definition) is 3. The summed E-state index contributed by atoms with van der Waals surface area (Å²) in [6, 6.07) is 7.70. The Morgan fingerprint density at radius 1 is 1.46 bits per heavy atom. The van der Waals surface area contributed by atoms with Crippen LogP contribution in [0.25, 0.3) is 0 Å². The molecule has 1 aromatic rings. The molecule has 1 amide bonds. The van der Waals surface area contributed by atoms with Crippen LogP contribution >= 0.6 is 15.9 Å². The topological polar surface area (TPSA) is 66.5 Å². The Morgan fingerprint density at radius 2 is 2.21 bits per heavy atom. The van der Waals surface area contributed by atoms with Crippen LogP contribution in [0.5, 0.6) is 0 Å². The molecule has 5 nitrogen and oxygen atoms in total. The van der Waals surface area contributed by atoms with Gasteiger partial charge in [0.2, 0.25) is 15.9 Å². The average molecular weight is 417 g/mol. The predicted octanol–water partition coefficient (Wildman–Crippen LogP) is 3.08.